The molecule has 5 heteroatoms. The van der Waals surface area contributed by atoms with Gasteiger partial charge in [0.2, 0.25) is 0 Å². The Morgan fingerprint density at radius 2 is 1.92 bits per heavy atom. The first kappa shape index (κ1) is 15.5. The predicted octanol–water partition coefficient (Wildman–Crippen LogP) is 2.80. The standard InChI is InChI=1S/C19H23NO4/c1-14-5-10-24-19(13-14)6-8-20(9-7-19)18(21)15-3-2-4-16-17(15)23-12-11-22-16/h2-4,13H,5-12H2,1H3. The molecule has 1 aromatic carbocycles. The summed E-state index contributed by atoms with van der Waals surface area (Å²) < 4.78 is 17.3. The van der Waals surface area contributed by atoms with Crippen molar-refractivity contribution in [2.75, 3.05) is 32.9 Å². The Balaban J connectivity index is 1.50. The van der Waals surface area contributed by atoms with E-state index in [0.717, 1.165) is 25.9 Å². The van der Waals surface area contributed by atoms with Crippen molar-refractivity contribution < 1.29 is 19.0 Å². The van der Waals surface area contributed by atoms with Crippen molar-refractivity contribution in [2.45, 2.75) is 31.8 Å². The SMILES string of the molecule is CC1=CC2(CCN(C(=O)c3cccc4c3OCCO4)CC2)OCC1. The van der Waals surface area contributed by atoms with E-state index in [1.807, 2.05) is 23.1 Å². The molecule has 0 saturated carbocycles. The third-order valence-corrected chi connectivity index (χ3v) is 5.09. The molecule has 5 nitrogen and oxygen atoms in total. The Kier molecular flexibility index (Phi) is 3.96. The number of nitrogens with zero attached hydrogens (tertiary/aromatic N) is 1. The average molecular weight is 329 g/mol. The molecule has 4 rings (SSSR count). The minimum atomic E-state index is -0.172. The third-order valence-electron chi connectivity index (χ3n) is 5.09. The lowest BCUT2D eigenvalue weighted by atomic mass is 9.87. The fourth-order valence-electron chi connectivity index (χ4n) is 3.77. The van der Waals surface area contributed by atoms with Crippen molar-refractivity contribution in [1.82, 2.24) is 4.90 Å². The topological polar surface area (TPSA) is 48.0 Å². The highest BCUT2D eigenvalue weighted by Gasteiger charge is 2.37. The highest BCUT2D eigenvalue weighted by atomic mass is 16.6. The maximum Gasteiger partial charge on any atom is 0.257 e. The summed E-state index contributed by atoms with van der Waals surface area (Å²) in [6.45, 7) is 5.36. The molecule has 3 aliphatic rings. The van der Waals surface area contributed by atoms with Gasteiger partial charge >= 0.3 is 0 Å². The Morgan fingerprint density at radius 3 is 2.71 bits per heavy atom. The number of para-hydroxylation sites is 1. The smallest absolute Gasteiger partial charge is 0.257 e. The van der Waals surface area contributed by atoms with Crippen LogP contribution >= 0.6 is 0 Å². The molecule has 0 radical (unpaired) electrons. The average Bonchev–Trinajstić information content (AvgIpc) is 2.61. The molecule has 1 amide bonds. The van der Waals surface area contributed by atoms with Crippen LogP contribution in [-0.2, 0) is 4.74 Å². The maximum absolute atomic E-state index is 12.9. The molecule has 0 N–H and O–H groups in total. The van der Waals surface area contributed by atoms with E-state index in [1.165, 1.54) is 5.57 Å². The summed E-state index contributed by atoms with van der Waals surface area (Å²) in [6, 6.07) is 5.52. The first-order chi connectivity index (χ1) is 11.7. The van der Waals surface area contributed by atoms with E-state index in [4.69, 9.17) is 14.2 Å². The van der Waals surface area contributed by atoms with E-state index in [0.29, 0.717) is 43.4 Å². The van der Waals surface area contributed by atoms with Crippen LogP contribution in [-0.4, -0.2) is 49.3 Å². The summed E-state index contributed by atoms with van der Waals surface area (Å²) in [7, 11) is 0. The maximum atomic E-state index is 12.9. The molecule has 1 fully saturated rings. The zero-order valence-corrected chi connectivity index (χ0v) is 14.0. The molecule has 128 valence electrons. The molecule has 1 spiro atoms. The number of benzene rings is 1. The van der Waals surface area contributed by atoms with Crippen LogP contribution in [0.3, 0.4) is 0 Å². The van der Waals surface area contributed by atoms with E-state index in [2.05, 4.69) is 13.0 Å². The quantitative estimate of drug-likeness (QED) is 0.744. The number of carbonyl (C=O) groups is 1. The van der Waals surface area contributed by atoms with Crippen LogP contribution in [0, 0.1) is 0 Å². The van der Waals surface area contributed by atoms with Gasteiger partial charge in [-0.2, -0.15) is 0 Å². The molecular formula is C19H23NO4. The van der Waals surface area contributed by atoms with E-state index in [9.17, 15) is 4.79 Å². The van der Waals surface area contributed by atoms with Crippen molar-refractivity contribution in [3.8, 4) is 11.5 Å². The summed E-state index contributed by atoms with van der Waals surface area (Å²) in [5, 5.41) is 0. The zero-order chi connectivity index (χ0) is 16.6. The molecule has 1 saturated heterocycles. The lowest BCUT2D eigenvalue weighted by Crippen LogP contribution is -2.48. The minimum absolute atomic E-state index is 0.0173. The fraction of sp³-hybridized carbons (Fsp3) is 0.526. The third kappa shape index (κ3) is 2.77. The lowest BCUT2D eigenvalue weighted by Gasteiger charge is -2.42. The molecule has 0 aromatic heterocycles. The van der Waals surface area contributed by atoms with Crippen LogP contribution in [0.4, 0.5) is 0 Å². The van der Waals surface area contributed by atoms with Crippen LogP contribution < -0.4 is 9.47 Å². The number of rotatable bonds is 1. The molecule has 0 bridgehead atoms. The van der Waals surface area contributed by atoms with Gasteiger partial charge < -0.3 is 19.1 Å². The zero-order valence-electron chi connectivity index (χ0n) is 14.0. The van der Waals surface area contributed by atoms with Gasteiger partial charge in [-0.05, 0) is 38.3 Å². The number of fused-ring (bicyclic) bond motifs is 1. The molecule has 0 aliphatic carbocycles. The first-order valence-corrected chi connectivity index (χ1v) is 8.67. The lowest BCUT2D eigenvalue weighted by molar-refractivity contribution is -0.0522. The first-order valence-electron chi connectivity index (χ1n) is 8.67. The van der Waals surface area contributed by atoms with Crippen molar-refractivity contribution >= 4 is 5.91 Å². The Hall–Kier alpha value is -2.01. The van der Waals surface area contributed by atoms with Crippen LogP contribution in [0.1, 0.15) is 36.5 Å². The van der Waals surface area contributed by atoms with E-state index in [1.54, 1.807) is 0 Å². The summed E-state index contributed by atoms with van der Waals surface area (Å²) in [5.74, 6) is 1.26. The number of hydrogen-bond donors (Lipinski definition) is 0. The van der Waals surface area contributed by atoms with Gasteiger partial charge in [0.25, 0.3) is 5.91 Å². The van der Waals surface area contributed by atoms with Gasteiger partial charge in [-0.25, -0.2) is 0 Å². The Labute approximate surface area is 142 Å². The fourth-order valence-corrected chi connectivity index (χ4v) is 3.77. The predicted molar refractivity (Wildman–Crippen MR) is 89.6 cm³/mol. The molecule has 0 atom stereocenters. The van der Waals surface area contributed by atoms with E-state index >= 15 is 0 Å². The molecule has 1 aromatic rings. The van der Waals surface area contributed by atoms with Crippen molar-refractivity contribution in [3.05, 3.63) is 35.4 Å². The number of hydrogen-bond acceptors (Lipinski definition) is 4. The van der Waals surface area contributed by atoms with Crippen molar-refractivity contribution in [2.24, 2.45) is 0 Å². The van der Waals surface area contributed by atoms with Crippen LogP contribution in [0.25, 0.3) is 0 Å². The Bertz CT molecular complexity index is 674. The summed E-state index contributed by atoms with van der Waals surface area (Å²) in [4.78, 5) is 14.8. The van der Waals surface area contributed by atoms with Gasteiger partial charge in [-0.3, -0.25) is 4.79 Å². The second-order valence-electron chi connectivity index (χ2n) is 6.78. The second-order valence-corrected chi connectivity index (χ2v) is 6.78. The molecule has 0 unspecified atom stereocenters. The van der Waals surface area contributed by atoms with E-state index < -0.39 is 0 Å². The van der Waals surface area contributed by atoms with Crippen LogP contribution in [0.5, 0.6) is 11.5 Å². The normalized spacial score (nSPS) is 22.2. The number of carbonyl (C=O) groups excluding carboxylic acids is 1. The molecule has 3 heterocycles. The molecule has 3 aliphatic heterocycles. The van der Waals surface area contributed by atoms with Crippen molar-refractivity contribution in [3.63, 3.8) is 0 Å². The second kappa shape index (κ2) is 6.13. The number of amides is 1. The number of ether oxygens (including phenoxy) is 3. The highest BCUT2D eigenvalue weighted by molar-refractivity contribution is 5.98. The van der Waals surface area contributed by atoms with Crippen LogP contribution in [0.2, 0.25) is 0 Å². The van der Waals surface area contributed by atoms with Crippen LogP contribution in [0.15, 0.2) is 29.8 Å². The largest absolute Gasteiger partial charge is 0.486 e. The molecular weight excluding hydrogens is 306 g/mol. The van der Waals surface area contributed by atoms with Gasteiger partial charge in [0.1, 0.15) is 13.2 Å². The number of piperidine rings is 1. The van der Waals surface area contributed by atoms with Gasteiger partial charge in [0, 0.05) is 13.1 Å². The van der Waals surface area contributed by atoms with Crippen molar-refractivity contribution in [1.29, 1.82) is 0 Å². The number of likely N-dealkylation sites (tertiary alicyclic amines) is 1. The monoisotopic (exact) mass is 329 g/mol. The summed E-state index contributed by atoms with van der Waals surface area (Å²) in [5.41, 5.74) is 1.82. The van der Waals surface area contributed by atoms with Gasteiger partial charge in [-0.15, -0.1) is 0 Å². The summed E-state index contributed by atoms with van der Waals surface area (Å²) in [6.07, 6.45) is 4.97. The summed E-state index contributed by atoms with van der Waals surface area (Å²) >= 11 is 0. The highest BCUT2D eigenvalue weighted by Crippen LogP contribution is 2.37. The minimum Gasteiger partial charge on any atom is -0.486 e. The molecule has 24 heavy (non-hydrogen) atoms. The van der Waals surface area contributed by atoms with Gasteiger partial charge in [0.05, 0.1) is 17.8 Å². The van der Waals surface area contributed by atoms with Gasteiger partial charge in [0.15, 0.2) is 11.5 Å². The Morgan fingerprint density at radius 1 is 1.12 bits per heavy atom. The van der Waals surface area contributed by atoms with Gasteiger partial charge in [-0.1, -0.05) is 17.7 Å². The van der Waals surface area contributed by atoms with E-state index in [-0.39, 0.29) is 11.5 Å².